The molecule has 5 nitrogen and oxygen atoms in total. The summed E-state index contributed by atoms with van der Waals surface area (Å²) < 4.78 is 15.1. The highest BCUT2D eigenvalue weighted by molar-refractivity contribution is 6.03. The lowest BCUT2D eigenvalue weighted by Crippen LogP contribution is -2.12. The molecule has 0 aromatic heterocycles. The SMILES string of the molecule is COC(=O)c1ccc(CCOCc2ccccc2)cc1C(=O)OC. The van der Waals surface area contributed by atoms with E-state index in [2.05, 4.69) is 4.74 Å². The van der Waals surface area contributed by atoms with Crippen molar-refractivity contribution >= 4 is 11.9 Å². The number of carbonyl (C=O) groups is 2. The van der Waals surface area contributed by atoms with Crippen molar-refractivity contribution in [1.29, 1.82) is 0 Å². The number of rotatable bonds is 7. The van der Waals surface area contributed by atoms with Gasteiger partial charge in [0.1, 0.15) is 0 Å². The first-order valence-electron chi connectivity index (χ1n) is 7.57. The predicted molar refractivity (Wildman–Crippen MR) is 88.9 cm³/mol. The molecule has 0 heterocycles. The average Bonchev–Trinajstić information content (AvgIpc) is 2.64. The van der Waals surface area contributed by atoms with Crippen LogP contribution in [0.3, 0.4) is 0 Å². The van der Waals surface area contributed by atoms with E-state index in [9.17, 15) is 9.59 Å². The molecule has 0 radical (unpaired) electrons. The Morgan fingerprint density at radius 3 is 2.17 bits per heavy atom. The molecule has 0 fully saturated rings. The first-order valence-corrected chi connectivity index (χ1v) is 7.57. The molecule has 0 saturated carbocycles. The van der Waals surface area contributed by atoms with Gasteiger partial charge in [-0.15, -0.1) is 0 Å². The zero-order valence-corrected chi connectivity index (χ0v) is 13.8. The summed E-state index contributed by atoms with van der Waals surface area (Å²) in [6, 6.07) is 14.9. The number of esters is 2. The van der Waals surface area contributed by atoms with E-state index in [1.807, 2.05) is 30.3 Å². The van der Waals surface area contributed by atoms with Gasteiger partial charge in [-0.25, -0.2) is 9.59 Å². The fraction of sp³-hybridized carbons (Fsp3) is 0.263. The molecule has 0 atom stereocenters. The Hall–Kier alpha value is -2.66. The van der Waals surface area contributed by atoms with Crippen molar-refractivity contribution in [2.24, 2.45) is 0 Å². The van der Waals surface area contributed by atoms with Crippen molar-refractivity contribution < 1.29 is 23.8 Å². The van der Waals surface area contributed by atoms with Crippen molar-refractivity contribution in [3.05, 3.63) is 70.8 Å². The second kappa shape index (κ2) is 8.84. The van der Waals surface area contributed by atoms with E-state index in [0.29, 0.717) is 19.6 Å². The highest BCUT2D eigenvalue weighted by atomic mass is 16.5. The Morgan fingerprint density at radius 1 is 0.833 bits per heavy atom. The first kappa shape index (κ1) is 17.7. The molecule has 24 heavy (non-hydrogen) atoms. The molecule has 2 aromatic carbocycles. The fourth-order valence-electron chi connectivity index (χ4n) is 2.27. The summed E-state index contributed by atoms with van der Waals surface area (Å²) in [5.41, 5.74) is 2.38. The van der Waals surface area contributed by atoms with E-state index >= 15 is 0 Å². The summed E-state index contributed by atoms with van der Waals surface area (Å²) in [5, 5.41) is 0. The lowest BCUT2D eigenvalue weighted by Gasteiger charge is -2.09. The van der Waals surface area contributed by atoms with Crippen LogP contribution in [0.15, 0.2) is 48.5 Å². The Bertz CT molecular complexity index is 694. The third-order valence-electron chi connectivity index (χ3n) is 3.54. The molecule has 0 aliphatic rings. The molecule has 0 amide bonds. The van der Waals surface area contributed by atoms with Crippen molar-refractivity contribution in [3.8, 4) is 0 Å². The molecule has 126 valence electrons. The molecule has 0 N–H and O–H groups in total. The molecular formula is C19H20O5. The van der Waals surface area contributed by atoms with Crippen molar-refractivity contribution in [2.45, 2.75) is 13.0 Å². The van der Waals surface area contributed by atoms with Gasteiger partial charge in [-0.2, -0.15) is 0 Å². The van der Waals surface area contributed by atoms with Crippen LogP contribution in [0, 0.1) is 0 Å². The molecule has 0 bridgehead atoms. The highest BCUT2D eigenvalue weighted by Crippen LogP contribution is 2.15. The topological polar surface area (TPSA) is 61.8 Å². The number of benzene rings is 2. The largest absolute Gasteiger partial charge is 0.465 e. The van der Waals surface area contributed by atoms with Crippen LogP contribution in [-0.4, -0.2) is 32.8 Å². The number of hydrogen-bond donors (Lipinski definition) is 0. The molecule has 2 aromatic rings. The second-order valence-corrected chi connectivity index (χ2v) is 5.15. The lowest BCUT2D eigenvalue weighted by molar-refractivity contribution is 0.0555. The lowest BCUT2D eigenvalue weighted by atomic mass is 10.0. The molecule has 0 saturated heterocycles. The van der Waals surface area contributed by atoms with Crippen molar-refractivity contribution in [2.75, 3.05) is 20.8 Å². The van der Waals surface area contributed by atoms with Crippen LogP contribution in [-0.2, 0) is 27.2 Å². The minimum absolute atomic E-state index is 0.193. The minimum Gasteiger partial charge on any atom is -0.465 e. The van der Waals surface area contributed by atoms with E-state index in [-0.39, 0.29) is 11.1 Å². The number of carbonyl (C=O) groups excluding carboxylic acids is 2. The summed E-state index contributed by atoms with van der Waals surface area (Å²) in [6.07, 6.45) is 0.623. The summed E-state index contributed by atoms with van der Waals surface area (Å²) in [6.45, 7) is 1.04. The van der Waals surface area contributed by atoms with E-state index in [4.69, 9.17) is 9.47 Å². The second-order valence-electron chi connectivity index (χ2n) is 5.15. The van der Waals surface area contributed by atoms with Crippen molar-refractivity contribution in [3.63, 3.8) is 0 Å². The van der Waals surface area contributed by atoms with Gasteiger partial charge in [-0.05, 0) is 29.7 Å². The van der Waals surface area contributed by atoms with E-state index in [0.717, 1.165) is 11.1 Å². The summed E-state index contributed by atoms with van der Waals surface area (Å²) in [7, 11) is 2.55. The maximum absolute atomic E-state index is 11.9. The summed E-state index contributed by atoms with van der Waals surface area (Å²) in [5.74, 6) is -1.13. The van der Waals surface area contributed by atoms with E-state index in [1.165, 1.54) is 14.2 Å². The Kier molecular flexibility index (Phi) is 6.51. The number of ether oxygens (including phenoxy) is 3. The van der Waals surface area contributed by atoms with Crippen LogP contribution in [0.25, 0.3) is 0 Å². The maximum atomic E-state index is 11.9. The third-order valence-corrected chi connectivity index (χ3v) is 3.54. The van der Waals surface area contributed by atoms with Gasteiger partial charge < -0.3 is 14.2 Å². The third kappa shape index (κ3) is 4.67. The van der Waals surface area contributed by atoms with Crippen LogP contribution in [0.1, 0.15) is 31.8 Å². The predicted octanol–water partition coefficient (Wildman–Crippen LogP) is 3.02. The Balaban J connectivity index is 2.00. The van der Waals surface area contributed by atoms with E-state index in [1.54, 1.807) is 18.2 Å². The van der Waals surface area contributed by atoms with Crippen LogP contribution in [0.4, 0.5) is 0 Å². The Labute approximate surface area is 141 Å². The summed E-state index contributed by atoms with van der Waals surface area (Å²) >= 11 is 0. The molecule has 0 aliphatic heterocycles. The standard InChI is InChI=1S/C19H20O5/c1-22-18(20)16-9-8-14(12-17(16)19(21)23-2)10-11-24-13-15-6-4-3-5-7-15/h3-9,12H,10-11,13H2,1-2H3. The van der Waals surface area contributed by atoms with Gasteiger partial charge >= 0.3 is 11.9 Å². The number of methoxy groups -OCH3 is 2. The monoisotopic (exact) mass is 328 g/mol. The van der Waals surface area contributed by atoms with Gasteiger partial charge in [0.25, 0.3) is 0 Å². The smallest absolute Gasteiger partial charge is 0.338 e. The maximum Gasteiger partial charge on any atom is 0.338 e. The summed E-state index contributed by atoms with van der Waals surface area (Å²) in [4.78, 5) is 23.6. The zero-order valence-electron chi connectivity index (χ0n) is 13.8. The average molecular weight is 328 g/mol. The van der Waals surface area contributed by atoms with E-state index < -0.39 is 11.9 Å². The molecule has 2 rings (SSSR count). The normalized spacial score (nSPS) is 10.2. The van der Waals surface area contributed by atoms with Gasteiger partial charge in [-0.1, -0.05) is 36.4 Å². The number of hydrogen-bond acceptors (Lipinski definition) is 5. The van der Waals surface area contributed by atoms with Crippen LogP contribution in [0.5, 0.6) is 0 Å². The van der Waals surface area contributed by atoms with Crippen molar-refractivity contribution in [1.82, 2.24) is 0 Å². The molecular weight excluding hydrogens is 308 g/mol. The zero-order chi connectivity index (χ0) is 17.4. The van der Waals surface area contributed by atoms with Gasteiger partial charge in [0.2, 0.25) is 0 Å². The molecule has 0 aliphatic carbocycles. The molecule has 0 unspecified atom stereocenters. The minimum atomic E-state index is -0.567. The van der Waals surface area contributed by atoms with Crippen LogP contribution < -0.4 is 0 Å². The quantitative estimate of drug-likeness (QED) is 0.577. The van der Waals surface area contributed by atoms with Gasteiger partial charge in [0, 0.05) is 0 Å². The first-order chi connectivity index (χ1) is 11.7. The van der Waals surface area contributed by atoms with Gasteiger partial charge in [-0.3, -0.25) is 0 Å². The molecule has 0 spiro atoms. The molecule has 5 heteroatoms. The van der Waals surface area contributed by atoms with Gasteiger partial charge in [0.05, 0.1) is 38.6 Å². The Morgan fingerprint density at radius 2 is 1.50 bits per heavy atom. The van der Waals surface area contributed by atoms with Gasteiger partial charge in [0.15, 0.2) is 0 Å². The van der Waals surface area contributed by atoms with Crippen LogP contribution in [0.2, 0.25) is 0 Å². The van der Waals surface area contributed by atoms with Crippen LogP contribution >= 0.6 is 0 Å². The fourth-order valence-corrected chi connectivity index (χ4v) is 2.27. The highest BCUT2D eigenvalue weighted by Gasteiger charge is 2.18.